The number of nitrogens with zero attached hydrogens (tertiary/aromatic N) is 8. The van der Waals surface area contributed by atoms with Gasteiger partial charge >= 0.3 is 0 Å². The standard InChI is InChI=1S/C35H42N12O3.CH4/c1-5-46-28(18-21(3)42-46)32(49)40-34-38-25-20-24(31(37)48)12-13-26(25)44(34)16-7-8-17-45-27-11-9-10-23(14-15-36)30(27)39-35(45)41-33(50)29-19-22(4)43-47(29)6-2;/h9-13,18-20H,5-8,14-17,36H2,1-4H3,(H2,37,48)(H,38,40,49)(H,39,41,50);1H4. The Morgan fingerprint density at radius 1 is 0.765 bits per heavy atom. The van der Waals surface area contributed by atoms with Gasteiger partial charge in [0.05, 0.1) is 33.5 Å². The maximum absolute atomic E-state index is 13.5. The van der Waals surface area contributed by atoms with Crippen molar-refractivity contribution < 1.29 is 14.4 Å². The number of unbranched alkanes of at least 4 members (excludes halogenated alkanes) is 1. The van der Waals surface area contributed by atoms with Crippen molar-refractivity contribution in [2.75, 3.05) is 17.2 Å². The summed E-state index contributed by atoms with van der Waals surface area (Å²) in [7, 11) is 0. The number of benzene rings is 2. The minimum Gasteiger partial charge on any atom is -0.366 e. The van der Waals surface area contributed by atoms with Gasteiger partial charge in [-0.2, -0.15) is 10.2 Å². The molecule has 268 valence electrons. The Kier molecular flexibility index (Phi) is 11.0. The highest BCUT2D eigenvalue weighted by molar-refractivity contribution is 6.04. The van der Waals surface area contributed by atoms with Gasteiger partial charge in [-0.1, -0.05) is 19.6 Å². The third kappa shape index (κ3) is 7.38. The Labute approximate surface area is 296 Å². The Morgan fingerprint density at radius 3 is 1.88 bits per heavy atom. The van der Waals surface area contributed by atoms with Crippen molar-refractivity contribution in [3.63, 3.8) is 0 Å². The molecule has 0 aliphatic rings. The third-order valence-electron chi connectivity index (χ3n) is 8.64. The Balaban J connectivity index is 0.00000504. The molecule has 0 bridgehead atoms. The van der Waals surface area contributed by atoms with Crippen LogP contribution in [0.15, 0.2) is 48.5 Å². The number of fused-ring (bicyclic) bond motifs is 2. The fourth-order valence-corrected chi connectivity index (χ4v) is 6.30. The highest BCUT2D eigenvalue weighted by Gasteiger charge is 2.21. The second-order valence-corrected chi connectivity index (χ2v) is 12.2. The van der Waals surface area contributed by atoms with E-state index in [1.165, 1.54) is 0 Å². The van der Waals surface area contributed by atoms with E-state index in [0.29, 0.717) is 86.4 Å². The molecule has 0 aliphatic heterocycles. The van der Waals surface area contributed by atoms with Gasteiger partial charge < -0.3 is 20.6 Å². The Hall–Kier alpha value is -5.83. The van der Waals surface area contributed by atoms with Gasteiger partial charge in [-0.05, 0) is 95.5 Å². The highest BCUT2D eigenvalue weighted by atomic mass is 16.2. The molecule has 3 amide bonds. The molecule has 0 radical (unpaired) electrons. The minimum atomic E-state index is -0.561. The van der Waals surface area contributed by atoms with Gasteiger partial charge in [-0.15, -0.1) is 0 Å². The van der Waals surface area contributed by atoms with E-state index in [0.717, 1.165) is 33.5 Å². The highest BCUT2D eigenvalue weighted by Crippen LogP contribution is 2.26. The van der Waals surface area contributed by atoms with Crippen LogP contribution in [0.3, 0.4) is 0 Å². The number of para-hydroxylation sites is 1. The summed E-state index contributed by atoms with van der Waals surface area (Å²) in [6, 6.07) is 14.5. The molecule has 6 aromatic rings. The van der Waals surface area contributed by atoms with E-state index in [1.807, 2.05) is 55.0 Å². The number of anilines is 2. The van der Waals surface area contributed by atoms with Crippen LogP contribution >= 0.6 is 0 Å². The number of nitrogens with one attached hydrogen (secondary N) is 2. The van der Waals surface area contributed by atoms with Crippen LogP contribution in [0.25, 0.3) is 22.1 Å². The summed E-state index contributed by atoms with van der Waals surface area (Å²) >= 11 is 0. The van der Waals surface area contributed by atoms with Gasteiger partial charge in [0.2, 0.25) is 17.8 Å². The van der Waals surface area contributed by atoms with Gasteiger partial charge in [0.25, 0.3) is 11.8 Å². The maximum Gasteiger partial charge on any atom is 0.276 e. The van der Waals surface area contributed by atoms with Crippen molar-refractivity contribution in [2.24, 2.45) is 11.5 Å². The topological polar surface area (TPSA) is 199 Å². The number of nitrogens with two attached hydrogens (primary N) is 2. The van der Waals surface area contributed by atoms with Crippen LogP contribution in [0.4, 0.5) is 11.9 Å². The van der Waals surface area contributed by atoms with E-state index >= 15 is 0 Å². The summed E-state index contributed by atoms with van der Waals surface area (Å²) in [5.41, 5.74) is 18.2. The second kappa shape index (κ2) is 15.4. The van der Waals surface area contributed by atoms with E-state index < -0.39 is 5.91 Å². The molecule has 0 aliphatic carbocycles. The van der Waals surface area contributed by atoms with Gasteiger partial charge in [-0.25, -0.2) is 9.97 Å². The lowest BCUT2D eigenvalue weighted by Crippen LogP contribution is -2.20. The van der Waals surface area contributed by atoms with Crippen LogP contribution in [0.5, 0.6) is 0 Å². The molecule has 0 atom stereocenters. The average Bonchev–Trinajstić information content (AvgIpc) is 3.85. The van der Waals surface area contributed by atoms with E-state index in [1.54, 1.807) is 39.7 Å². The summed E-state index contributed by atoms with van der Waals surface area (Å²) in [4.78, 5) is 48.4. The molecule has 15 heteroatoms. The number of hydrogen-bond donors (Lipinski definition) is 4. The smallest absolute Gasteiger partial charge is 0.276 e. The number of primary amides is 1. The zero-order valence-electron chi connectivity index (χ0n) is 28.7. The van der Waals surface area contributed by atoms with E-state index in [2.05, 4.69) is 25.8 Å². The third-order valence-corrected chi connectivity index (χ3v) is 8.64. The van der Waals surface area contributed by atoms with Crippen LogP contribution in [0.1, 0.15) is 82.4 Å². The number of amides is 3. The molecule has 0 fully saturated rings. The van der Waals surface area contributed by atoms with Crippen LogP contribution in [-0.2, 0) is 32.6 Å². The van der Waals surface area contributed by atoms with Gasteiger partial charge in [0, 0.05) is 31.7 Å². The number of hydrogen-bond acceptors (Lipinski definition) is 8. The van der Waals surface area contributed by atoms with Crippen LogP contribution in [0.2, 0.25) is 0 Å². The normalized spacial score (nSPS) is 11.2. The Morgan fingerprint density at radius 2 is 1.33 bits per heavy atom. The molecule has 51 heavy (non-hydrogen) atoms. The first-order valence-electron chi connectivity index (χ1n) is 16.8. The maximum atomic E-state index is 13.5. The van der Waals surface area contributed by atoms with Crippen molar-refractivity contribution in [3.05, 3.63) is 82.4 Å². The fraction of sp³-hybridized carbons (Fsp3) is 0.361. The fourth-order valence-electron chi connectivity index (χ4n) is 6.30. The monoisotopic (exact) mass is 694 g/mol. The second-order valence-electron chi connectivity index (χ2n) is 12.2. The largest absolute Gasteiger partial charge is 0.366 e. The SMILES string of the molecule is C.CCn1nc(C)cc1C(=O)Nc1nc2cc(C(N)=O)ccc2n1CCCCn1c(NC(=O)c2cc(C)nn2CC)nc2c(CCN)cccc21. The Bertz CT molecular complexity index is 2220. The average molecular weight is 695 g/mol. The summed E-state index contributed by atoms with van der Waals surface area (Å²) < 4.78 is 7.27. The van der Waals surface area contributed by atoms with Crippen molar-refractivity contribution in [2.45, 2.75) is 80.6 Å². The van der Waals surface area contributed by atoms with Crippen LogP contribution in [0, 0.1) is 13.8 Å². The summed E-state index contributed by atoms with van der Waals surface area (Å²) in [6.07, 6.45) is 2.05. The molecule has 6 rings (SSSR count). The molecule has 4 aromatic heterocycles. The van der Waals surface area contributed by atoms with Crippen molar-refractivity contribution >= 4 is 51.7 Å². The lowest BCUT2D eigenvalue weighted by atomic mass is 10.1. The van der Waals surface area contributed by atoms with Crippen molar-refractivity contribution in [1.82, 2.24) is 38.7 Å². The molecular weight excluding hydrogens is 648 g/mol. The molecule has 4 heterocycles. The van der Waals surface area contributed by atoms with Crippen molar-refractivity contribution in [3.8, 4) is 0 Å². The molecule has 0 unspecified atom stereocenters. The lowest BCUT2D eigenvalue weighted by molar-refractivity contribution is 0.0995. The summed E-state index contributed by atoms with van der Waals surface area (Å²) in [6.45, 7) is 10.2. The van der Waals surface area contributed by atoms with Crippen LogP contribution in [-0.4, -0.2) is 62.9 Å². The zero-order valence-corrected chi connectivity index (χ0v) is 28.7. The van der Waals surface area contributed by atoms with E-state index in [9.17, 15) is 14.4 Å². The number of aryl methyl sites for hydroxylation is 6. The predicted octanol–water partition coefficient (Wildman–Crippen LogP) is 4.66. The van der Waals surface area contributed by atoms with Gasteiger partial charge in [0.1, 0.15) is 11.4 Å². The molecule has 2 aromatic carbocycles. The molecular formula is C36H46N12O3. The van der Waals surface area contributed by atoms with E-state index in [-0.39, 0.29) is 19.2 Å². The lowest BCUT2D eigenvalue weighted by Gasteiger charge is -2.13. The van der Waals surface area contributed by atoms with Crippen molar-refractivity contribution in [1.29, 1.82) is 0 Å². The number of carbonyl (C=O) groups excluding carboxylic acids is 3. The quantitative estimate of drug-likeness (QED) is 0.118. The first-order valence-corrected chi connectivity index (χ1v) is 16.8. The summed E-state index contributed by atoms with van der Waals surface area (Å²) in [5.74, 6) is -0.391. The number of imidazole rings is 2. The number of aromatic nitrogens is 8. The number of carbonyl (C=O) groups is 3. The first-order chi connectivity index (χ1) is 24.1. The molecule has 0 saturated carbocycles. The number of rotatable bonds is 14. The van der Waals surface area contributed by atoms with Gasteiger partial charge in [0.15, 0.2) is 0 Å². The zero-order chi connectivity index (χ0) is 35.5. The first kappa shape index (κ1) is 36.5. The predicted molar refractivity (Wildman–Crippen MR) is 198 cm³/mol. The molecule has 15 nitrogen and oxygen atoms in total. The van der Waals surface area contributed by atoms with Crippen LogP contribution < -0.4 is 22.1 Å². The van der Waals surface area contributed by atoms with Gasteiger partial charge in [-0.3, -0.25) is 34.4 Å². The minimum absolute atomic E-state index is 0. The molecule has 0 saturated heterocycles. The molecule has 0 spiro atoms. The molecule has 6 N–H and O–H groups in total. The van der Waals surface area contributed by atoms with E-state index in [4.69, 9.17) is 16.5 Å². The summed E-state index contributed by atoms with van der Waals surface area (Å²) in [5, 5.41) is 14.8.